The fourth-order valence-corrected chi connectivity index (χ4v) is 3.25. The molecule has 0 saturated carbocycles. The monoisotopic (exact) mass is 401 g/mol. The van der Waals surface area contributed by atoms with E-state index in [1.54, 1.807) is 7.11 Å². The van der Waals surface area contributed by atoms with Crippen LogP contribution in [0.1, 0.15) is 31.9 Å². The van der Waals surface area contributed by atoms with Crippen LogP contribution in [0.2, 0.25) is 0 Å². The number of carbonyl (C=O) groups is 2. The summed E-state index contributed by atoms with van der Waals surface area (Å²) < 4.78 is 10.4. The van der Waals surface area contributed by atoms with Gasteiger partial charge in [0.2, 0.25) is 0 Å². The van der Waals surface area contributed by atoms with E-state index in [0.29, 0.717) is 11.4 Å². The Bertz CT molecular complexity index is 800. The Labute approximate surface area is 170 Å². The number of thioether (sulfide) groups is 1. The van der Waals surface area contributed by atoms with E-state index in [2.05, 4.69) is 26.1 Å². The fraction of sp³-hybridized carbons (Fsp3) is 0.364. The molecule has 2 aromatic rings. The van der Waals surface area contributed by atoms with Crippen LogP contribution in [0.3, 0.4) is 0 Å². The Kier molecular flexibility index (Phi) is 7.93. The van der Waals surface area contributed by atoms with Crippen molar-refractivity contribution in [3.63, 3.8) is 0 Å². The first-order chi connectivity index (χ1) is 13.3. The number of nitrogens with one attached hydrogen (secondary N) is 1. The summed E-state index contributed by atoms with van der Waals surface area (Å²) in [5.74, 6) is 0.674. The van der Waals surface area contributed by atoms with Crippen molar-refractivity contribution in [1.29, 1.82) is 0 Å². The predicted octanol–water partition coefficient (Wildman–Crippen LogP) is 4.41. The molecule has 0 radical (unpaired) electrons. The lowest BCUT2D eigenvalue weighted by atomic mass is 9.87. The molecule has 150 valence electrons. The predicted molar refractivity (Wildman–Crippen MR) is 114 cm³/mol. The molecular weight excluding hydrogens is 374 g/mol. The van der Waals surface area contributed by atoms with Gasteiger partial charge in [0.1, 0.15) is 5.75 Å². The molecule has 0 aliphatic carbocycles. The number of benzene rings is 2. The van der Waals surface area contributed by atoms with Gasteiger partial charge < -0.3 is 14.8 Å². The van der Waals surface area contributed by atoms with Crippen molar-refractivity contribution in [1.82, 2.24) is 0 Å². The number of hydrogen-bond acceptors (Lipinski definition) is 5. The number of rotatable bonds is 8. The van der Waals surface area contributed by atoms with Gasteiger partial charge in [0, 0.05) is 5.75 Å². The third kappa shape index (κ3) is 6.93. The minimum absolute atomic E-state index is 0.0613. The average Bonchev–Trinajstić information content (AvgIpc) is 2.66. The highest BCUT2D eigenvalue weighted by molar-refractivity contribution is 7.99. The number of anilines is 1. The number of hydrogen-bond donors (Lipinski definition) is 1. The summed E-state index contributed by atoms with van der Waals surface area (Å²) in [6.07, 6.45) is 0. The number of carbonyl (C=O) groups excluding carboxylic acids is 2. The van der Waals surface area contributed by atoms with E-state index in [1.165, 1.54) is 11.8 Å². The van der Waals surface area contributed by atoms with E-state index in [4.69, 9.17) is 9.47 Å². The molecule has 0 fully saturated rings. The number of ether oxygens (including phenoxy) is 2. The lowest BCUT2D eigenvalue weighted by molar-refractivity contribution is -0.144. The molecule has 1 N–H and O–H groups in total. The zero-order valence-electron chi connectivity index (χ0n) is 16.8. The second-order valence-corrected chi connectivity index (χ2v) is 8.34. The van der Waals surface area contributed by atoms with Crippen molar-refractivity contribution < 1.29 is 19.1 Å². The maximum Gasteiger partial charge on any atom is 0.316 e. The molecule has 2 rings (SSSR count). The number of methoxy groups -OCH3 is 1. The van der Waals surface area contributed by atoms with E-state index >= 15 is 0 Å². The summed E-state index contributed by atoms with van der Waals surface area (Å²) in [5, 5.41) is 2.76. The summed E-state index contributed by atoms with van der Waals surface area (Å²) in [5.41, 5.74) is 2.71. The summed E-state index contributed by atoms with van der Waals surface area (Å²) in [6.45, 7) is 5.95. The van der Waals surface area contributed by atoms with Crippen molar-refractivity contribution in [2.75, 3.05) is 24.8 Å². The van der Waals surface area contributed by atoms with Crippen molar-refractivity contribution in [2.24, 2.45) is 0 Å². The van der Waals surface area contributed by atoms with Gasteiger partial charge in [-0.15, -0.1) is 11.8 Å². The van der Waals surface area contributed by atoms with Crippen molar-refractivity contribution >= 4 is 29.3 Å². The lowest BCUT2D eigenvalue weighted by Crippen LogP contribution is -2.22. The van der Waals surface area contributed by atoms with Crippen LogP contribution < -0.4 is 10.1 Å². The zero-order chi connectivity index (χ0) is 20.6. The molecule has 5 nitrogen and oxygen atoms in total. The highest BCUT2D eigenvalue weighted by atomic mass is 32.2. The molecule has 0 atom stereocenters. The Morgan fingerprint density at radius 1 is 1.07 bits per heavy atom. The Morgan fingerprint density at radius 2 is 1.79 bits per heavy atom. The van der Waals surface area contributed by atoms with Gasteiger partial charge in [-0.2, -0.15) is 0 Å². The van der Waals surface area contributed by atoms with E-state index < -0.39 is 11.9 Å². The van der Waals surface area contributed by atoms with E-state index in [9.17, 15) is 9.59 Å². The molecule has 6 heteroatoms. The molecule has 0 aliphatic heterocycles. The van der Waals surface area contributed by atoms with Crippen LogP contribution in [0, 0.1) is 0 Å². The summed E-state index contributed by atoms with van der Waals surface area (Å²) in [7, 11) is 1.55. The average molecular weight is 402 g/mol. The number of esters is 1. The Hall–Kier alpha value is -2.47. The minimum Gasteiger partial charge on any atom is -0.495 e. The first-order valence-electron chi connectivity index (χ1n) is 9.05. The van der Waals surface area contributed by atoms with Crippen LogP contribution in [0.5, 0.6) is 5.75 Å². The lowest BCUT2D eigenvalue weighted by Gasteiger charge is -2.21. The maximum absolute atomic E-state index is 12.2. The Morgan fingerprint density at radius 3 is 2.43 bits per heavy atom. The van der Waals surface area contributed by atoms with Gasteiger partial charge >= 0.3 is 5.97 Å². The molecule has 1 amide bonds. The zero-order valence-corrected chi connectivity index (χ0v) is 17.6. The van der Waals surface area contributed by atoms with E-state index in [0.717, 1.165) is 16.9 Å². The SMILES string of the molecule is COc1ccc(C(C)(C)C)cc1NC(=O)COC(=O)CSCc1ccccc1. The van der Waals surface area contributed by atoms with Crippen molar-refractivity contribution in [2.45, 2.75) is 31.9 Å². The van der Waals surface area contributed by atoms with E-state index in [-0.39, 0.29) is 17.8 Å². The van der Waals surface area contributed by atoms with Crippen LogP contribution in [0.4, 0.5) is 5.69 Å². The Balaban J connectivity index is 1.82. The third-order valence-electron chi connectivity index (χ3n) is 4.04. The highest BCUT2D eigenvalue weighted by Gasteiger charge is 2.17. The smallest absolute Gasteiger partial charge is 0.316 e. The topological polar surface area (TPSA) is 64.6 Å². The standard InChI is InChI=1S/C22H27NO4S/c1-22(2,3)17-10-11-19(26-4)18(12-17)23-20(24)13-27-21(25)15-28-14-16-8-6-5-7-9-16/h5-12H,13-15H2,1-4H3,(H,23,24). The van der Waals surface area contributed by atoms with Crippen LogP contribution in [-0.4, -0.2) is 31.3 Å². The molecule has 0 aliphatic rings. The molecule has 0 bridgehead atoms. The second kappa shape index (κ2) is 10.2. The highest BCUT2D eigenvalue weighted by Crippen LogP contribution is 2.31. The maximum atomic E-state index is 12.2. The summed E-state index contributed by atoms with van der Waals surface area (Å²) in [6, 6.07) is 15.6. The fourth-order valence-electron chi connectivity index (χ4n) is 2.47. The quantitative estimate of drug-likeness (QED) is 0.664. The number of amides is 1. The summed E-state index contributed by atoms with van der Waals surface area (Å²) >= 11 is 1.45. The molecule has 0 unspecified atom stereocenters. The molecule has 28 heavy (non-hydrogen) atoms. The van der Waals surface area contributed by atoms with Gasteiger partial charge in [-0.05, 0) is 28.7 Å². The van der Waals surface area contributed by atoms with Crippen molar-refractivity contribution in [3.05, 3.63) is 59.7 Å². The van der Waals surface area contributed by atoms with Gasteiger partial charge in [-0.3, -0.25) is 9.59 Å². The van der Waals surface area contributed by atoms with Crippen LogP contribution in [-0.2, 0) is 25.5 Å². The van der Waals surface area contributed by atoms with Crippen LogP contribution in [0.25, 0.3) is 0 Å². The molecule has 2 aromatic carbocycles. The van der Waals surface area contributed by atoms with Crippen LogP contribution >= 0.6 is 11.8 Å². The largest absolute Gasteiger partial charge is 0.495 e. The van der Waals surface area contributed by atoms with Gasteiger partial charge in [0.05, 0.1) is 18.6 Å². The minimum atomic E-state index is -0.411. The molecule has 0 saturated heterocycles. The molecule has 0 aromatic heterocycles. The molecular formula is C22H27NO4S. The van der Waals surface area contributed by atoms with Gasteiger partial charge in [0.25, 0.3) is 5.91 Å². The molecule has 0 heterocycles. The van der Waals surface area contributed by atoms with Crippen LogP contribution in [0.15, 0.2) is 48.5 Å². The summed E-state index contributed by atoms with van der Waals surface area (Å²) in [4.78, 5) is 24.0. The van der Waals surface area contributed by atoms with E-state index in [1.807, 2.05) is 48.5 Å². The van der Waals surface area contributed by atoms with Crippen molar-refractivity contribution in [3.8, 4) is 5.75 Å². The normalized spacial score (nSPS) is 11.0. The molecule has 0 spiro atoms. The first-order valence-corrected chi connectivity index (χ1v) is 10.2. The first kappa shape index (κ1) is 21.8. The van der Waals surface area contributed by atoms with Gasteiger partial charge in [0.15, 0.2) is 6.61 Å². The second-order valence-electron chi connectivity index (χ2n) is 7.35. The van der Waals surface area contributed by atoms with Gasteiger partial charge in [-0.1, -0.05) is 57.2 Å². The van der Waals surface area contributed by atoms with Gasteiger partial charge in [-0.25, -0.2) is 0 Å². The third-order valence-corrected chi connectivity index (χ3v) is 5.01.